The summed E-state index contributed by atoms with van der Waals surface area (Å²) in [6.45, 7) is 3.99. The normalized spacial score (nSPS) is 17.1. The van der Waals surface area contributed by atoms with E-state index in [1.807, 2.05) is 19.1 Å². The van der Waals surface area contributed by atoms with Crippen LogP contribution in [-0.4, -0.2) is 99.3 Å². The maximum atomic E-state index is 12.5. The molecule has 0 rings (SSSR count). The Bertz CT molecular complexity index is 1140. The van der Waals surface area contributed by atoms with E-state index >= 15 is 0 Å². The first kappa shape index (κ1) is 50.5. The van der Waals surface area contributed by atoms with Crippen LogP contribution in [0.3, 0.4) is 0 Å². The van der Waals surface area contributed by atoms with Crippen LogP contribution in [0.1, 0.15) is 111 Å². The summed E-state index contributed by atoms with van der Waals surface area (Å²) in [5, 5.41) is 48.5. The maximum absolute atomic E-state index is 12.5. The number of aliphatic hydroxyl groups excluding tert-OH is 5. The van der Waals surface area contributed by atoms with Gasteiger partial charge in [0.25, 0.3) is 0 Å². The highest BCUT2D eigenvalue weighted by Crippen LogP contribution is 2.43. The molecule has 0 aromatic rings. The first-order valence-electron chi connectivity index (χ1n) is 19.0. The van der Waals surface area contributed by atoms with Crippen molar-refractivity contribution in [3.63, 3.8) is 0 Å². The molecule has 0 fully saturated rings. The molecule has 0 bridgehead atoms. The summed E-state index contributed by atoms with van der Waals surface area (Å²) in [6, 6.07) is 0. The lowest BCUT2D eigenvalue weighted by Gasteiger charge is -2.20. The SMILES string of the molecule is CC/C=C\C[C@@H](O)/C=C/C=C/C=C\C=C/[C@H](O)[C@@H](O)CCCC(=O)OC[C@H](COP(=O)(O)OC[C@@H](O)CO)OC(=O)CCCCCCCCC(C)CC. The number of phosphoric acid groups is 1. The summed E-state index contributed by atoms with van der Waals surface area (Å²) >= 11 is 0. The van der Waals surface area contributed by atoms with E-state index in [4.69, 9.17) is 19.1 Å². The van der Waals surface area contributed by atoms with Crippen LogP contribution >= 0.6 is 7.82 Å². The van der Waals surface area contributed by atoms with Crippen molar-refractivity contribution in [2.45, 2.75) is 141 Å². The molecule has 0 aromatic heterocycles. The summed E-state index contributed by atoms with van der Waals surface area (Å²) in [4.78, 5) is 34.8. The molecule has 0 saturated heterocycles. The highest BCUT2D eigenvalue weighted by Gasteiger charge is 2.27. The summed E-state index contributed by atoms with van der Waals surface area (Å²) in [5.41, 5.74) is 0. The molecule has 7 atom stereocenters. The Morgan fingerprint density at radius 2 is 1.32 bits per heavy atom. The van der Waals surface area contributed by atoms with Gasteiger partial charge in [0.2, 0.25) is 0 Å². The highest BCUT2D eigenvalue weighted by atomic mass is 31.2. The van der Waals surface area contributed by atoms with Crippen molar-refractivity contribution >= 4 is 19.8 Å². The maximum Gasteiger partial charge on any atom is 0.472 e. The zero-order valence-electron chi connectivity index (χ0n) is 32.0. The van der Waals surface area contributed by atoms with Crippen LogP contribution in [0, 0.1) is 5.92 Å². The van der Waals surface area contributed by atoms with Crippen molar-refractivity contribution in [2.75, 3.05) is 26.4 Å². The van der Waals surface area contributed by atoms with Crippen LogP contribution in [0.4, 0.5) is 0 Å². The van der Waals surface area contributed by atoms with Crippen LogP contribution < -0.4 is 0 Å². The molecule has 13 nitrogen and oxygen atoms in total. The molecular weight excluding hydrogens is 707 g/mol. The smallest absolute Gasteiger partial charge is 0.462 e. The fraction of sp³-hybridized carbons (Fsp3) is 0.692. The van der Waals surface area contributed by atoms with Crippen molar-refractivity contribution in [1.29, 1.82) is 0 Å². The minimum absolute atomic E-state index is 0.0922. The lowest BCUT2D eigenvalue weighted by Crippen LogP contribution is -2.30. The largest absolute Gasteiger partial charge is 0.472 e. The third-order valence-electron chi connectivity index (χ3n) is 8.07. The summed E-state index contributed by atoms with van der Waals surface area (Å²) in [5.74, 6) is -0.537. The van der Waals surface area contributed by atoms with Crippen LogP contribution in [0.15, 0.2) is 60.8 Å². The number of carbonyl (C=O) groups excluding carboxylic acids is 2. The van der Waals surface area contributed by atoms with Gasteiger partial charge in [0.1, 0.15) is 12.7 Å². The molecule has 6 N–H and O–H groups in total. The lowest BCUT2D eigenvalue weighted by molar-refractivity contribution is -0.161. The Labute approximate surface area is 316 Å². The number of hydrogen-bond donors (Lipinski definition) is 6. The van der Waals surface area contributed by atoms with Crippen LogP contribution in [0.2, 0.25) is 0 Å². The number of hydrogen-bond acceptors (Lipinski definition) is 12. The van der Waals surface area contributed by atoms with E-state index in [-0.39, 0.29) is 25.7 Å². The third kappa shape index (κ3) is 31.6. The Hall–Kier alpha value is -2.45. The first-order chi connectivity index (χ1) is 25.3. The van der Waals surface area contributed by atoms with E-state index in [1.54, 1.807) is 42.5 Å². The van der Waals surface area contributed by atoms with Gasteiger partial charge in [-0.1, -0.05) is 126 Å². The number of unbranched alkanes of at least 4 members (excludes halogenated alkanes) is 5. The topological polar surface area (TPSA) is 210 Å². The molecule has 0 spiro atoms. The van der Waals surface area contributed by atoms with E-state index < -0.39 is 76.7 Å². The van der Waals surface area contributed by atoms with Gasteiger partial charge in [0.05, 0.1) is 38.1 Å². The quantitative estimate of drug-likeness (QED) is 0.0150. The zero-order valence-corrected chi connectivity index (χ0v) is 32.8. The Morgan fingerprint density at radius 3 is 1.98 bits per heavy atom. The zero-order chi connectivity index (χ0) is 39.7. The molecule has 0 saturated carbocycles. The van der Waals surface area contributed by atoms with Crippen molar-refractivity contribution in [2.24, 2.45) is 5.92 Å². The fourth-order valence-corrected chi connectivity index (χ4v) is 5.39. The van der Waals surface area contributed by atoms with Gasteiger partial charge in [-0.2, -0.15) is 0 Å². The molecule has 0 amide bonds. The molecule has 14 heteroatoms. The van der Waals surface area contributed by atoms with Gasteiger partial charge in [-0.05, 0) is 38.0 Å². The standard InChI is InChI=1S/C39H67O13P/c1-4-6-15-22-33(41)23-17-12-8-9-13-18-24-36(43)37(44)25-20-27-38(45)49-30-35(31-51-53(47,48)50-29-34(42)28-40)52-39(46)26-19-14-10-7-11-16-21-32(3)5-2/h6,8-9,12-13,15,17-18,23-24,32-37,40-44H,4-5,7,10-11,14,16,19-22,25-31H2,1-3H3,(H,47,48)/b12-8+,13-9-,15-6-,23-17+,24-18-/t32?,33-,34+,35-,36+,37+/m1/s1. The van der Waals surface area contributed by atoms with Crippen molar-refractivity contribution in [3.05, 3.63) is 60.8 Å². The molecule has 0 aromatic carbocycles. The van der Waals surface area contributed by atoms with Crippen molar-refractivity contribution in [3.8, 4) is 0 Å². The number of rotatable bonds is 33. The Morgan fingerprint density at radius 1 is 0.717 bits per heavy atom. The predicted molar refractivity (Wildman–Crippen MR) is 205 cm³/mol. The van der Waals surface area contributed by atoms with Crippen LogP contribution in [0.5, 0.6) is 0 Å². The second-order valence-corrected chi connectivity index (χ2v) is 14.5. The van der Waals surface area contributed by atoms with Gasteiger partial charge in [-0.15, -0.1) is 0 Å². The van der Waals surface area contributed by atoms with Gasteiger partial charge < -0.3 is 39.9 Å². The van der Waals surface area contributed by atoms with E-state index in [1.165, 1.54) is 25.3 Å². The van der Waals surface area contributed by atoms with E-state index in [0.29, 0.717) is 12.8 Å². The molecule has 0 aliphatic rings. The molecule has 306 valence electrons. The average Bonchev–Trinajstić information content (AvgIpc) is 3.13. The monoisotopic (exact) mass is 774 g/mol. The molecule has 0 heterocycles. The van der Waals surface area contributed by atoms with Gasteiger partial charge in [0.15, 0.2) is 6.10 Å². The summed E-state index contributed by atoms with van der Waals surface area (Å²) < 4.78 is 32.3. The molecule has 2 unspecified atom stereocenters. The van der Waals surface area contributed by atoms with Crippen molar-refractivity contribution < 1.29 is 63.1 Å². The fourth-order valence-electron chi connectivity index (χ4n) is 4.60. The van der Waals surface area contributed by atoms with Crippen LogP contribution in [-0.2, 0) is 32.7 Å². The van der Waals surface area contributed by atoms with Crippen LogP contribution in [0.25, 0.3) is 0 Å². The third-order valence-corrected chi connectivity index (χ3v) is 9.02. The molecule has 0 radical (unpaired) electrons. The van der Waals surface area contributed by atoms with E-state index in [0.717, 1.165) is 38.0 Å². The molecule has 0 aliphatic heterocycles. The molecular formula is C39H67O13P. The lowest BCUT2D eigenvalue weighted by atomic mass is 10.00. The van der Waals surface area contributed by atoms with Gasteiger partial charge in [-0.25, -0.2) is 4.57 Å². The Balaban J connectivity index is 4.74. The minimum atomic E-state index is -4.70. The second-order valence-electron chi connectivity index (χ2n) is 13.0. The average molecular weight is 775 g/mol. The van der Waals surface area contributed by atoms with Crippen molar-refractivity contribution in [1.82, 2.24) is 0 Å². The predicted octanol–water partition coefficient (Wildman–Crippen LogP) is 5.93. The first-order valence-corrected chi connectivity index (χ1v) is 20.5. The van der Waals surface area contributed by atoms with Gasteiger partial charge >= 0.3 is 19.8 Å². The minimum Gasteiger partial charge on any atom is -0.462 e. The number of ether oxygens (including phenoxy) is 2. The number of carbonyl (C=O) groups is 2. The second kappa shape index (κ2) is 32.9. The summed E-state index contributed by atoms with van der Waals surface area (Å²) in [6.07, 6.45) is 21.7. The van der Waals surface area contributed by atoms with Gasteiger partial charge in [0, 0.05) is 12.8 Å². The van der Waals surface area contributed by atoms with Gasteiger partial charge in [-0.3, -0.25) is 18.6 Å². The molecule has 0 aliphatic carbocycles. The summed E-state index contributed by atoms with van der Waals surface area (Å²) in [7, 11) is -4.70. The number of esters is 2. The van der Waals surface area contributed by atoms with E-state index in [2.05, 4.69) is 18.4 Å². The number of allylic oxidation sites excluding steroid dienone is 7. The number of phosphoric ester groups is 1. The van der Waals surface area contributed by atoms with E-state index in [9.17, 15) is 39.5 Å². The Kier molecular flexibility index (Phi) is 31.4. The molecule has 53 heavy (non-hydrogen) atoms. The highest BCUT2D eigenvalue weighted by molar-refractivity contribution is 7.47. The number of aliphatic hydroxyl groups is 5.